The summed E-state index contributed by atoms with van der Waals surface area (Å²) in [4.78, 5) is 20.0. The van der Waals surface area contributed by atoms with Gasteiger partial charge in [-0.25, -0.2) is 4.99 Å². The molecule has 1 fully saturated rings. The normalized spacial score (nSPS) is 29.2. The number of fused-ring (bicyclic) bond motifs is 1. The van der Waals surface area contributed by atoms with Crippen molar-refractivity contribution >= 4 is 17.5 Å². The van der Waals surface area contributed by atoms with Gasteiger partial charge < -0.3 is 14.2 Å². The molecule has 0 aromatic rings. The van der Waals surface area contributed by atoms with Crippen LogP contribution < -0.4 is 0 Å². The van der Waals surface area contributed by atoms with Crippen LogP contribution in [0.15, 0.2) is 33.5 Å². The molecule has 0 N–H and O–H groups in total. The zero-order chi connectivity index (χ0) is 14.1. The van der Waals surface area contributed by atoms with E-state index in [0.29, 0.717) is 36.1 Å². The van der Waals surface area contributed by atoms with Crippen LogP contribution in [0.1, 0.15) is 13.3 Å². The Labute approximate surface area is 116 Å². The van der Waals surface area contributed by atoms with Crippen LogP contribution in [0.3, 0.4) is 0 Å². The smallest absolute Gasteiger partial charge is 0.280 e. The van der Waals surface area contributed by atoms with Crippen molar-refractivity contribution < 1.29 is 19.0 Å². The zero-order valence-electron chi connectivity index (χ0n) is 11.5. The number of allylic oxidation sites excluding steroid dienone is 1. The van der Waals surface area contributed by atoms with Gasteiger partial charge in [0.05, 0.1) is 31.1 Å². The Hall–Kier alpha value is -1.79. The van der Waals surface area contributed by atoms with Crippen LogP contribution in [0, 0.1) is 0 Å². The van der Waals surface area contributed by atoms with Crippen LogP contribution in [0.2, 0.25) is 0 Å². The summed E-state index contributed by atoms with van der Waals surface area (Å²) in [5.41, 5.74) is 1.06. The van der Waals surface area contributed by atoms with Gasteiger partial charge in [0.15, 0.2) is 0 Å². The maximum atomic E-state index is 11.9. The van der Waals surface area contributed by atoms with Gasteiger partial charge in [0, 0.05) is 12.7 Å². The van der Waals surface area contributed by atoms with Crippen LogP contribution in [0.5, 0.6) is 0 Å². The van der Waals surface area contributed by atoms with E-state index in [1.807, 2.05) is 0 Å². The molecule has 2 atom stereocenters. The van der Waals surface area contributed by atoms with Gasteiger partial charge in [0.2, 0.25) is 0 Å². The lowest BCUT2D eigenvalue weighted by Crippen LogP contribution is -2.30. The van der Waals surface area contributed by atoms with Gasteiger partial charge in [-0.2, -0.15) is 4.99 Å². The average molecular weight is 276 g/mol. The minimum Gasteiger partial charge on any atom is -0.498 e. The van der Waals surface area contributed by atoms with Crippen molar-refractivity contribution in [3.05, 3.63) is 23.5 Å². The van der Waals surface area contributed by atoms with E-state index < -0.39 is 6.10 Å². The first-order valence-electron chi connectivity index (χ1n) is 6.56. The predicted molar refractivity (Wildman–Crippen MR) is 72.8 cm³/mol. The van der Waals surface area contributed by atoms with Crippen molar-refractivity contribution in [2.24, 2.45) is 9.98 Å². The fraction of sp³-hybridized carbons (Fsp3) is 0.500. The standard InChI is InChI=1S/C14H16N2O4/c1-8-15-11-6-12(18-2)13(5-10(11)14(17)16-8)20-9-3-4-19-7-9/h5-6,9,13H,3-4,7H2,1-2H3/t9-,13?/m0/s1. The number of rotatable bonds is 3. The quantitative estimate of drug-likeness (QED) is 0.772. The van der Waals surface area contributed by atoms with E-state index in [1.54, 1.807) is 26.2 Å². The third-order valence-electron chi connectivity index (χ3n) is 3.39. The van der Waals surface area contributed by atoms with E-state index in [0.717, 1.165) is 6.42 Å². The molecule has 2 heterocycles. The number of carbonyl (C=O) groups excluding carboxylic acids is 1. The zero-order valence-corrected chi connectivity index (χ0v) is 11.5. The van der Waals surface area contributed by atoms with Crippen molar-refractivity contribution in [1.82, 2.24) is 0 Å². The molecule has 0 saturated carbocycles. The summed E-state index contributed by atoms with van der Waals surface area (Å²) in [7, 11) is 1.58. The Morgan fingerprint density at radius 1 is 1.40 bits per heavy atom. The molecule has 1 saturated heterocycles. The lowest BCUT2D eigenvalue weighted by Gasteiger charge is -2.25. The first-order chi connectivity index (χ1) is 9.67. The molecular weight excluding hydrogens is 260 g/mol. The average Bonchev–Trinajstić information content (AvgIpc) is 2.91. The van der Waals surface area contributed by atoms with E-state index >= 15 is 0 Å². The van der Waals surface area contributed by atoms with Crippen LogP contribution in [0.4, 0.5) is 0 Å². The highest BCUT2D eigenvalue weighted by molar-refractivity contribution is 6.32. The summed E-state index contributed by atoms with van der Waals surface area (Å²) in [6.07, 6.45) is 3.96. The monoisotopic (exact) mass is 276 g/mol. The van der Waals surface area contributed by atoms with Gasteiger partial charge in [0.1, 0.15) is 17.7 Å². The number of methoxy groups -OCH3 is 1. The van der Waals surface area contributed by atoms with Gasteiger partial charge in [-0.3, -0.25) is 4.79 Å². The first kappa shape index (κ1) is 13.2. The van der Waals surface area contributed by atoms with Gasteiger partial charge in [-0.05, 0) is 19.4 Å². The maximum Gasteiger partial charge on any atom is 0.280 e. The Kier molecular flexibility index (Phi) is 3.50. The van der Waals surface area contributed by atoms with Crippen molar-refractivity contribution in [1.29, 1.82) is 0 Å². The molecule has 3 aliphatic rings. The lowest BCUT2D eigenvalue weighted by atomic mass is 9.98. The number of amidine groups is 1. The second kappa shape index (κ2) is 5.30. The highest BCUT2D eigenvalue weighted by Gasteiger charge is 2.31. The highest BCUT2D eigenvalue weighted by atomic mass is 16.6. The largest absolute Gasteiger partial charge is 0.498 e. The van der Waals surface area contributed by atoms with E-state index in [9.17, 15) is 4.79 Å². The van der Waals surface area contributed by atoms with Gasteiger partial charge in [-0.1, -0.05) is 0 Å². The molecule has 6 heteroatoms. The van der Waals surface area contributed by atoms with E-state index in [2.05, 4.69) is 9.98 Å². The van der Waals surface area contributed by atoms with Crippen LogP contribution in [0.25, 0.3) is 0 Å². The highest BCUT2D eigenvalue weighted by Crippen LogP contribution is 2.25. The molecule has 20 heavy (non-hydrogen) atoms. The topological polar surface area (TPSA) is 69.5 Å². The minimum absolute atomic E-state index is 0.0258. The molecule has 0 aromatic carbocycles. The van der Waals surface area contributed by atoms with Crippen LogP contribution in [-0.2, 0) is 19.0 Å². The van der Waals surface area contributed by atoms with Gasteiger partial charge in [-0.15, -0.1) is 0 Å². The SMILES string of the molecule is COC1=CC2=NC(C)=NC(=O)C2=CC1O[C@H]1CCOC1. The second-order valence-corrected chi connectivity index (χ2v) is 4.83. The Morgan fingerprint density at radius 2 is 2.25 bits per heavy atom. The molecule has 1 aliphatic carbocycles. The first-order valence-corrected chi connectivity index (χ1v) is 6.56. The number of hydrogen-bond donors (Lipinski definition) is 0. The Balaban J connectivity index is 1.87. The molecule has 6 nitrogen and oxygen atoms in total. The molecule has 0 spiro atoms. The van der Waals surface area contributed by atoms with Gasteiger partial charge in [0.25, 0.3) is 5.91 Å². The Bertz CT molecular complexity index is 554. The summed E-state index contributed by atoms with van der Waals surface area (Å²) in [6, 6.07) is 0. The van der Waals surface area contributed by atoms with Crippen LogP contribution in [-0.4, -0.2) is 50.0 Å². The van der Waals surface area contributed by atoms with E-state index in [1.165, 1.54) is 0 Å². The number of nitrogens with zero attached hydrogens (tertiary/aromatic N) is 2. The fourth-order valence-corrected chi connectivity index (χ4v) is 2.40. The third kappa shape index (κ3) is 2.44. The molecule has 1 amide bonds. The van der Waals surface area contributed by atoms with Crippen molar-refractivity contribution in [2.75, 3.05) is 20.3 Å². The molecule has 2 aliphatic heterocycles. The summed E-state index contributed by atoms with van der Waals surface area (Å²) in [5.74, 6) is 0.814. The minimum atomic E-state index is -0.391. The number of carbonyl (C=O) groups is 1. The molecule has 0 aromatic heterocycles. The fourth-order valence-electron chi connectivity index (χ4n) is 2.40. The molecular formula is C14H16N2O4. The maximum absolute atomic E-state index is 11.9. The van der Waals surface area contributed by atoms with E-state index in [4.69, 9.17) is 14.2 Å². The van der Waals surface area contributed by atoms with E-state index in [-0.39, 0.29) is 12.0 Å². The van der Waals surface area contributed by atoms with Crippen molar-refractivity contribution in [3.8, 4) is 0 Å². The van der Waals surface area contributed by atoms with Gasteiger partial charge >= 0.3 is 0 Å². The van der Waals surface area contributed by atoms with Crippen molar-refractivity contribution in [2.45, 2.75) is 25.6 Å². The molecule has 3 rings (SSSR count). The van der Waals surface area contributed by atoms with Crippen molar-refractivity contribution in [3.63, 3.8) is 0 Å². The number of aliphatic imine (C=N–C) groups is 2. The third-order valence-corrected chi connectivity index (χ3v) is 3.39. The Morgan fingerprint density at radius 3 is 2.95 bits per heavy atom. The predicted octanol–water partition coefficient (Wildman–Crippen LogP) is 1.03. The molecule has 106 valence electrons. The summed E-state index contributed by atoms with van der Waals surface area (Å²) >= 11 is 0. The van der Waals surface area contributed by atoms with Crippen LogP contribution >= 0.6 is 0 Å². The number of hydrogen-bond acceptors (Lipinski definition) is 5. The summed E-state index contributed by atoms with van der Waals surface area (Å²) < 4.78 is 16.6. The summed E-state index contributed by atoms with van der Waals surface area (Å²) in [5, 5.41) is 0. The number of ether oxygens (including phenoxy) is 3. The lowest BCUT2D eigenvalue weighted by molar-refractivity contribution is -0.114. The second-order valence-electron chi connectivity index (χ2n) is 4.83. The molecule has 1 unspecified atom stereocenters. The number of amides is 1. The molecule has 0 radical (unpaired) electrons. The molecule has 0 bridgehead atoms. The summed E-state index contributed by atoms with van der Waals surface area (Å²) in [6.45, 7) is 2.97.